The summed E-state index contributed by atoms with van der Waals surface area (Å²) in [6.45, 7) is 7.34. The lowest BCUT2D eigenvalue weighted by atomic mass is 9.95. The lowest BCUT2D eigenvalue weighted by Crippen LogP contribution is -2.44. The number of hydrogen-bond acceptors (Lipinski definition) is 2. The van der Waals surface area contributed by atoms with Crippen LogP contribution >= 0.6 is 0 Å². The molecular weight excluding hydrogens is 252 g/mol. The van der Waals surface area contributed by atoms with E-state index >= 15 is 0 Å². The summed E-state index contributed by atoms with van der Waals surface area (Å²) in [7, 11) is 0. The molecule has 0 bridgehead atoms. The molecule has 1 fully saturated rings. The first-order valence-electron chi connectivity index (χ1n) is 8.10. The van der Waals surface area contributed by atoms with Crippen LogP contribution in [0.2, 0.25) is 0 Å². The number of amides is 2. The minimum Gasteiger partial charge on any atom is -0.353 e. The average molecular weight is 282 g/mol. The van der Waals surface area contributed by atoms with E-state index in [1.54, 1.807) is 6.92 Å². The Balaban J connectivity index is 2.21. The molecule has 1 rings (SSSR count). The van der Waals surface area contributed by atoms with Crippen molar-refractivity contribution in [2.75, 3.05) is 13.1 Å². The molecule has 1 unspecified atom stereocenters. The minimum atomic E-state index is 0.0868. The van der Waals surface area contributed by atoms with Gasteiger partial charge in [0.25, 0.3) is 0 Å². The summed E-state index contributed by atoms with van der Waals surface area (Å²) in [6, 6.07) is 0.269. The first-order chi connectivity index (χ1) is 9.54. The number of carbonyl (C=O) groups is 2. The third-order valence-electron chi connectivity index (χ3n) is 4.19. The largest absolute Gasteiger partial charge is 0.353 e. The SMILES string of the molecule is CCCCCCC(C)NC(=O)C1CCN(C(C)=O)CC1. The lowest BCUT2D eigenvalue weighted by Gasteiger charge is -2.31. The molecule has 4 heteroatoms. The average Bonchev–Trinajstić information content (AvgIpc) is 2.43. The van der Waals surface area contributed by atoms with E-state index in [1.165, 1.54) is 25.7 Å². The molecule has 20 heavy (non-hydrogen) atoms. The lowest BCUT2D eigenvalue weighted by molar-refractivity contribution is -0.134. The van der Waals surface area contributed by atoms with Crippen LogP contribution in [-0.4, -0.2) is 35.8 Å². The molecule has 0 radical (unpaired) electrons. The zero-order chi connectivity index (χ0) is 15.0. The van der Waals surface area contributed by atoms with Crippen LogP contribution in [0.15, 0.2) is 0 Å². The number of carbonyl (C=O) groups excluding carboxylic acids is 2. The van der Waals surface area contributed by atoms with E-state index in [2.05, 4.69) is 19.2 Å². The van der Waals surface area contributed by atoms with Crippen molar-refractivity contribution in [1.29, 1.82) is 0 Å². The molecule has 1 atom stereocenters. The molecule has 0 aliphatic carbocycles. The minimum absolute atomic E-state index is 0.0868. The summed E-state index contributed by atoms with van der Waals surface area (Å²) in [5.74, 6) is 0.382. The standard InChI is InChI=1S/C16H30N2O2/c1-4-5-6-7-8-13(2)17-16(20)15-9-11-18(12-10-15)14(3)19/h13,15H,4-12H2,1-3H3,(H,17,20). The van der Waals surface area contributed by atoms with Crippen LogP contribution in [0.1, 0.15) is 65.7 Å². The fourth-order valence-corrected chi connectivity index (χ4v) is 2.77. The van der Waals surface area contributed by atoms with Gasteiger partial charge in [-0.3, -0.25) is 9.59 Å². The second kappa shape index (κ2) is 8.98. The monoisotopic (exact) mass is 282 g/mol. The number of nitrogens with one attached hydrogen (secondary N) is 1. The molecule has 0 aromatic rings. The summed E-state index contributed by atoms with van der Waals surface area (Å²) >= 11 is 0. The fraction of sp³-hybridized carbons (Fsp3) is 0.875. The second-order valence-electron chi connectivity index (χ2n) is 6.04. The molecule has 116 valence electrons. The molecule has 4 nitrogen and oxygen atoms in total. The van der Waals surface area contributed by atoms with Crippen LogP contribution < -0.4 is 5.32 Å². The molecule has 0 aromatic carbocycles. The quantitative estimate of drug-likeness (QED) is 0.730. The van der Waals surface area contributed by atoms with Gasteiger partial charge in [-0.05, 0) is 26.2 Å². The Morgan fingerprint density at radius 3 is 2.40 bits per heavy atom. The van der Waals surface area contributed by atoms with Gasteiger partial charge in [0.15, 0.2) is 0 Å². The van der Waals surface area contributed by atoms with E-state index < -0.39 is 0 Å². The third-order valence-corrected chi connectivity index (χ3v) is 4.19. The van der Waals surface area contributed by atoms with Gasteiger partial charge in [-0.15, -0.1) is 0 Å². The van der Waals surface area contributed by atoms with Gasteiger partial charge >= 0.3 is 0 Å². The Kier molecular flexibility index (Phi) is 7.63. The van der Waals surface area contributed by atoms with Gasteiger partial charge in [0.1, 0.15) is 0 Å². The first kappa shape index (κ1) is 17.0. The summed E-state index contributed by atoms with van der Waals surface area (Å²) in [6.07, 6.45) is 7.64. The van der Waals surface area contributed by atoms with Gasteiger partial charge in [0.05, 0.1) is 0 Å². The van der Waals surface area contributed by atoms with Crippen LogP contribution in [0.25, 0.3) is 0 Å². The number of unbranched alkanes of at least 4 members (excludes halogenated alkanes) is 3. The number of likely N-dealkylation sites (tertiary alicyclic amines) is 1. The highest BCUT2D eigenvalue weighted by molar-refractivity contribution is 5.79. The van der Waals surface area contributed by atoms with Gasteiger partial charge < -0.3 is 10.2 Å². The van der Waals surface area contributed by atoms with E-state index in [1.807, 2.05) is 4.90 Å². The van der Waals surface area contributed by atoms with Crippen molar-refractivity contribution >= 4 is 11.8 Å². The maximum atomic E-state index is 12.2. The van der Waals surface area contributed by atoms with Crippen LogP contribution in [-0.2, 0) is 9.59 Å². The number of piperidine rings is 1. The summed E-state index contributed by atoms with van der Waals surface area (Å²) in [5.41, 5.74) is 0. The number of nitrogens with zero attached hydrogens (tertiary/aromatic N) is 1. The Morgan fingerprint density at radius 2 is 1.85 bits per heavy atom. The topological polar surface area (TPSA) is 49.4 Å². The zero-order valence-electron chi connectivity index (χ0n) is 13.3. The predicted octanol–water partition coefficient (Wildman–Crippen LogP) is 2.72. The molecule has 1 heterocycles. The van der Waals surface area contributed by atoms with Crippen molar-refractivity contribution in [3.63, 3.8) is 0 Å². The number of rotatable bonds is 7. The Bertz CT molecular complexity index is 310. The third kappa shape index (κ3) is 5.93. The van der Waals surface area contributed by atoms with Crippen molar-refractivity contribution in [3.05, 3.63) is 0 Å². The molecule has 1 N–H and O–H groups in total. The summed E-state index contributed by atoms with van der Waals surface area (Å²) in [4.78, 5) is 25.2. The van der Waals surface area contributed by atoms with Crippen molar-refractivity contribution in [2.45, 2.75) is 71.8 Å². The van der Waals surface area contributed by atoms with Gasteiger partial charge in [0, 0.05) is 32.0 Å². The van der Waals surface area contributed by atoms with Crippen LogP contribution in [0.5, 0.6) is 0 Å². The Labute approximate surface area is 123 Å². The maximum absolute atomic E-state index is 12.2. The van der Waals surface area contributed by atoms with Crippen LogP contribution in [0, 0.1) is 5.92 Å². The number of hydrogen-bond donors (Lipinski definition) is 1. The molecule has 2 amide bonds. The van der Waals surface area contributed by atoms with Gasteiger partial charge in [0.2, 0.25) is 11.8 Å². The Morgan fingerprint density at radius 1 is 1.20 bits per heavy atom. The van der Waals surface area contributed by atoms with Crippen LogP contribution in [0.4, 0.5) is 0 Å². The highest BCUT2D eigenvalue weighted by Crippen LogP contribution is 2.18. The highest BCUT2D eigenvalue weighted by Gasteiger charge is 2.26. The molecule has 0 aromatic heterocycles. The summed E-state index contributed by atoms with van der Waals surface area (Å²) < 4.78 is 0. The molecule has 0 saturated carbocycles. The van der Waals surface area contributed by atoms with Gasteiger partial charge in [-0.25, -0.2) is 0 Å². The molecule has 0 spiro atoms. The summed E-state index contributed by atoms with van der Waals surface area (Å²) in [5, 5.41) is 3.13. The van der Waals surface area contributed by atoms with E-state index in [9.17, 15) is 9.59 Å². The van der Waals surface area contributed by atoms with Gasteiger partial charge in [-0.1, -0.05) is 32.6 Å². The van der Waals surface area contributed by atoms with E-state index in [0.717, 1.165) is 32.4 Å². The molecular formula is C16H30N2O2. The second-order valence-corrected chi connectivity index (χ2v) is 6.04. The fourth-order valence-electron chi connectivity index (χ4n) is 2.77. The zero-order valence-corrected chi connectivity index (χ0v) is 13.3. The van der Waals surface area contributed by atoms with Crippen LogP contribution in [0.3, 0.4) is 0 Å². The Hall–Kier alpha value is -1.06. The van der Waals surface area contributed by atoms with E-state index in [0.29, 0.717) is 0 Å². The molecule has 1 aliphatic rings. The van der Waals surface area contributed by atoms with Crippen molar-refractivity contribution in [3.8, 4) is 0 Å². The van der Waals surface area contributed by atoms with Gasteiger partial charge in [-0.2, -0.15) is 0 Å². The first-order valence-corrected chi connectivity index (χ1v) is 8.10. The maximum Gasteiger partial charge on any atom is 0.223 e. The molecule has 1 saturated heterocycles. The highest BCUT2D eigenvalue weighted by atomic mass is 16.2. The van der Waals surface area contributed by atoms with Crippen molar-refractivity contribution in [1.82, 2.24) is 10.2 Å². The molecule has 1 aliphatic heterocycles. The smallest absolute Gasteiger partial charge is 0.223 e. The van der Waals surface area contributed by atoms with E-state index in [4.69, 9.17) is 0 Å². The van der Waals surface area contributed by atoms with Crippen molar-refractivity contribution in [2.24, 2.45) is 5.92 Å². The van der Waals surface area contributed by atoms with Crippen molar-refractivity contribution < 1.29 is 9.59 Å². The van der Waals surface area contributed by atoms with E-state index in [-0.39, 0.29) is 23.8 Å². The normalized spacial score (nSPS) is 17.9. The predicted molar refractivity (Wildman–Crippen MR) is 81.3 cm³/mol.